The van der Waals surface area contributed by atoms with Gasteiger partial charge in [0.1, 0.15) is 0 Å². The molecule has 2 rings (SSSR count). The third-order valence-corrected chi connectivity index (χ3v) is 3.31. The van der Waals surface area contributed by atoms with Crippen molar-refractivity contribution in [3.05, 3.63) is 36.2 Å². The molecule has 0 atom stereocenters. The lowest BCUT2D eigenvalue weighted by atomic mass is 9.96. The van der Waals surface area contributed by atoms with E-state index in [-0.39, 0.29) is 17.7 Å². The molecule has 0 spiro atoms. The van der Waals surface area contributed by atoms with E-state index in [0.29, 0.717) is 25.9 Å². The van der Waals surface area contributed by atoms with Gasteiger partial charge in [-0.1, -0.05) is 6.07 Å². The molecule has 0 aliphatic carbocycles. The lowest BCUT2D eigenvalue weighted by Crippen LogP contribution is -2.41. The molecule has 2 amide bonds. The average Bonchev–Trinajstić information content (AvgIpc) is 2.46. The number of nitrogens with two attached hydrogens (primary N) is 1. The number of pyridine rings is 1. The van der Waals surface area contributed by atoms with E-state index in [9.17, 15) is 9.59 Å². The highest BCUT2D eigenvalue weighted by molar-refractivity contribution is 5.92. The van der Waals surface area contributed by atoms with E-state index >= 15 is 0 Å². The molecule has 1 saturated heterocycles. The molecule has 2 heterocycles. The zero-order valence-electron chi connectivity index (χ0n) is 10.7. The van der Waals surface area contributed by atoms with Crippen molar-refractivity contribution in [2.24, 2.45) is 11.7 Å². The highest BCUT2D eigenvalue weighted by Crippen LogP contribution is 2.17. The first kappa shape index (κ1) is 13.3. The number of carbonyl (C=O) groups excluding carboxylic acids is 2. The predicted molar refractivity (Wildman–Crippen MR) is 71.8 cm³/mol. The fourth-order valence-corrected chi connectivity index (χ4v) is 2.13. The van der Waals surface area contributed by atoms with Crippen molar-refractivity contribution >= 4 is 17.9 Å². The fraction of sp³-hybridized carbons (Fsp3) is 0.357. The van der Waals surface area contributed by atoms with E-state index in [4.69, 9.17) is 5.73 Å². The Morgan fingerprint density at radius 2 is 2.11 bits per heavy atom. The van der Waals surface area contributed by atoms with Crippen LogP contribution in [0.1, 0.15) is 18.4 Å². The van der Waals surface area contributed by atoms with Crippen molar-refractivity contribution in [2.75, 3.05) is 13.1 Å². The Hall–Kier alpha value is -2.17. The predicted octanol–water partition coefficient (Wildman–Crippen LogP) is 0.819. The lowest BCUT2D eigenvalue weighted by molar-refractivity contribution is -0.130. The van der Waals surface area contributed by atoms with Gasteiger partial charge in [0.2, 0.25) is 11.8 Å². The second-order valence-electron chi connectivity index (χ2n) is 4.62. The first-order valence-electron chi connectivity index (χ1n) is 6.33. The summed E-state index contributed by atoms with van der Waals surface area (Å²) in [5.41, 5.74) is 6.15. The summed E-state index contributed by atoms with van der Waals surface area (Å²) in [5.74, 6) is -0.392. The number of aromatic nitrogens is 1. The maximum atomic E-state index is 12.0. The van der Waals surface area contributed by atoms with Crippen LogP contribution in [-0.4, -0.2) is 34.8 Å². The number of amides is 2. The molecule has 19 heavy (non-hydrogen) atoms. The van der Waals surface area contributed by atoms with Gasteiger partial charge in [0.25, 0.3) is 0 Å². The molecule has 5 heteroatoms. The summed E-state index contributed by atoms with van der Waals surface area (Å²) in [7, 11) is 0. The molecular formula is C14H17N3O2. The van der Waals surface area contributed by atoms with Crippen LogP contribution in [0, 0.1) is 5.92 Å². The Morgan fingerprint density at radius 1 is 1.37 bits per heavy atom. The minimum atomic E-state index is -0.266. The molecular weight excluding hydrogens is 242 g/mol. The zero-order chi connectivity index (χ0) is 13.7. The third kappa shape index (κ3) is 3.64. The maximum absolute atomic E-state index is 12.0. The highest BCUT2D eigenvalue weighted by Gasteiger charge is 2.24. The summed E-state index contributed by atoms with van der Waals surface area (Å²) < 4.78 is 0. The van der Waals surface area contributed by atoms with E-state index in [1.165, 1.54) is 0 Å². The van der Waals surface area contributed by atoms with Gasteiger partial charge in [-0.2, -0.15) is 0 Å². The molecule has 1 aliphatic rings. The van der Waals surface area contributed by atoms with Crippen molar-refractivity contribution in [1.82, 2.24) is 9.88 Å². The van der Waals surface area contributed by atoms with Gasteiger partial charge in [0, 0.05) is 37.5 Å². The molecule has 1 aliphatic heterocycles. The molecule has 0 aromatic carbocycles. The Bertz CT molecular complexity index is 477. The summed E-state index contributed by atoms with van der Waals surface area (Å²) in [6, 6.07) is 3.71. The largest absolute Gasteiger partial charge is 0.369 e. The van der Waals surface area contributed by atoms with Gasteiger partial charge >= 0.3 is 0 Å². The summed E-state index contributed by atoms with van der Waals surface area (Å²) in [6.07, 6.45) is 7.98. The van der Waals surface area contributed by atoms with Crippen LogP contribution < -0.4 is 5.73 Å². The molecule has 0 unspecified atom stereocenters. The Balaban J connectivity index is 1.88. The van der Waals surface area contributed by atoms with E-state index in [2.05, 4.69) is 4.98 Å². The van der Waals surface area contributed by atoms with Crippen LogP contribution in [0.2, 0.25) is 0 Å². The van der Waals surface area contributed by atoms with Gasteiger partial charge < -0.3 is 10.6 Å². The number of piperidine rings is 1. The maximum Gasteiger partial charge on any atom is 0.246 e. The zero-order valence-corrected chi connectivity index (χ0v) is 10.7. The summed E-state index contributed by atoms with van der Waals surface area (Å²) in [5, 5.41) is 0. The van der Waals surface area contributed by atoms with E-state index in [1.54, 1.807) is 29.4 Å². The van der Waals surface area contributed by atoms with Gasteiger partial charge in [0.05, 0.1) is 0 Å². The number of primary amides is 1. The van der Waals surface area contributed by atoms with Gasteiger partial charge in [0.15, 0.2) is 0 Å². The fourth-order valence-electron chi connectivity index (χ4n) is 2.13. The van der Waals surface area contributed by atoms with Gasteiger partial charge in [-0.25, -0.2) is 0 Å². The van der Waals surface area contributed by atoms with Crippen LogP contribution in [0.15, 0.2) is 30.6 Å². The molecule has 100 valence electrons. The minimum Gasteiger partial charge on any atom is -0.369 e. The van der Waals surface area contributed by atoms with E-state index in [0.717, 1.165) is 5.56 Å². The van der Waals surface area contributed by atoms with Crippen molar-refractivity contribution in [2.45, 2.75) is 12.8 Å². The number of hydrogen-bond donors (Lipinski definition) is 1. The first-order valence-corrected chi connectivity index (χ1v) is 6.33. The smallest absolute Gasteiger partial charge is 0.246 e. The molecule has 0 saturated carbocycles. The summed E-state index contributed by atoms with van der Waals surface area (Å²) in [6.45, 7) is 1.17. The summed E-state index contributed by atoms with van der Waals surface area (Å²) >= 11 is 0. The second-order valence-corrected chi connectivity index (χ2v) is 4.62. The third-order valence-electron chi connectivity index (χ3n) is 3.31. The summed E-state index contributed by atoms with van der Waals surface area (Å²) in [4.78, 5) is 28.7. The molecule has 1 aromatic rings. The minimum absolute atomic E-state index is 0.0354. The van der Waals surface area contributed by atoms with Crippen LogP contribution in [-0.2, 0) is 9.59 Å². The van der Waals surface area contributed by atoms with Gasteiger partial charge in [-0.3, -0.25) is 14.6 Å². The lowest BCUT2D eigenvalue weighted by Gasteiger charge is -2.29. The molecule has 0 bridgehead atoms. The molecule has 0 radical (unpaired) electrons. The first-order chi connectivity index (χ1) is 9.16. The van der Waals surface area contributed by atoms with Crippen molar-refractivity contribution in [3.8, 4) is 0 Å². The van der Waals surface area contributed by atoms with Crippen LogP contribution in [0.25, 0.3) is 6.08 Å². The topological polar surface area (TPSA) is 76.3 Å². The van der Waals surface area contributed by atoms with Crippen LogP contribution in [0.5, 0.6) is 0 Å². The van der Waals surface area contributed by atoms with Crippen LogP contribution >= 0.6 is 0 Å². The van der Waals surface area contributed by atoms with Crippen molar-refractivity contribution < 1.29 is 9.59 Å². The van der Waals surface area contributed by atoms with Crippen LogP contribution in [0.3, 0.4) is 0 Å². The van der Waals surface area contributed by atoms with Gasteiger partial charge in [-0.15, -0.1) is 0 Å². The van der Waals surface area contributed by atoms with E-state index in [1.807, 2.05) is 12.1 Å². The second kappa shape index (κ2) is 6.13. The standard InChI is InChI=1S/C14H17N3O2/c15-14(19)12-5-8-17(9-6-12)13(18)4-3-11-2-1-7-16-10-11/h1-4,7,10,12H,5-6,8-9H2,(H2,15,19)/b4-3+. The monoisotopic (exact) mass is 259 g/mol. The number of rotatable bonds is 3. The Kier molecular flexibility index (Phi) is 4.28. The SMILES string of the molecule is NC(=O)C1CCN(C(=O)/C=C/c2cccnc2)CC1. The van der Waals surface area contributed by atoms with Crippen molar-refractivity contribution in [3.63, 3.8) is 0 Å². The van der Waals surface area contributed by atoms with Gasteiger partial charge in [-0.05, 0) is 30.5 Å². The number of carbonyl (C=O) groups is 2. The highest BCUT2D eigenvalue weighted by atomic mass is 16.2. The molecule has 5 nitrogen and oxygen atoms in total. The van der Waals surface area contributed by atoms with Crippen molar-refractivity contribution in [1.29, 1.82) is 0 Å². The number of nitrogens with zero attached hydrogens (tertiary/aromatic N) is 2. The molecule has 1 aromatic heterocycles. The van der Waals surface area contributed by atoms with E-state index < -0.39 is 0 Å². The molecule has 2 N–H and O–H groups in total. The Morgan fingerprint density at radius 3 is 2.68 bits per heavy atom. The Labute approximate surface area is 112 Å². The number of likely N-dealkylation sites (tertiary alicyclic amines) is 1. The quantitative estimate of drug-likeness (QED) is 0.816. The van der Waals surface area contributed by atoms with Crippen LogP contribution in [0.4, 0.5) is 0 Å². The number of hydrogen-bond acceptors (Lipinski definition) is 3. The normalized spacial score (nSPS) is 16.7. The molecule has 1 fully saturated rings. The average molecular weight is 259 g/mol.